The van der Waals surface area contributed by atoms with Gasteiger partial charge in [0, 0.05) is 19.6 Å². The molecule has 0 heterocycles. The van der Waals surface area contributed by atoms with Crippen molar-refractivity contribution in [1.29, 1.82) is 0 Å². The molecule has 0 amide bonds. The maximum Gasteiger partial charge on any atom is 0.0917 e. The maximum atomic E-state index is 10.3. The molecule has 1 rings (SSSR count). The predicted octanol–water partition coefficient (Wildman–Crippen LogP) is 3.59. The van der Waals surface area contributed by atoms with Gasteiger partial charge in [0.25, 0.3) is 0 Å². The first kappa shape index (κ1) is 16.7. The van der Waals surface area contributed by atoms with Crippen LogP contribution in [-0.4, -0.2) is 29.6 Å². The highest BCUT2D eigenvalue weighted by atomic mass is 16.3. The van der Waals surface area contributed by atoms with E-state index in [2.05, 4.69) is 44.0 Å². The van der Waals surface area contributed by atoms with Crippen molar-refractivity contribution in [3.8, 4) is 0 Å². The summed E-state index contributed by atoms with van der Waals surface area (Å²) in [6.07, 6.45) is 4.31. The molecule has 0 fully saturated rings. The Balaban J connectivity index is 2.63. The Hall–Kier alpha value is -1.38. The zero-order valence-corrected chi connectivity index (χ0v) is 12.8. The van der Waals surface area contributed by atoms with Gasteiger partial charge in [0.2, 0.25) is 0 Å². The average Bonchev–Trinajstić information content (AvgIpc) is 2.39. The third-order valence-corrected chi connectivity index (χ3v) is 3.21. The first-order valence-corrected chi connectivity index (χ1v) is 7.27. The van der Waals surface area contributed by atoms with Gasteiger partial charge in [-0.25, -0.2) is 0 Å². The van der Waals surface area contributed by atoms with Gasteiger partial charge in [-0.05, 0) is 23.5 Å². The maximum absolute atomic E-state index is 10.3. The van der Waals surface area contributed by atoms with Gasteiger partial charge in [0.15, 0.2) is 0 Å². The van der Waals surface area contributed by atoms with Crippen LogP contribution in [0.3, 0.4) is 0 Å². The lowest BCUT2D eigenvalue weighted by molar-refractivity contribution is 0.125. The molecule has 1 N–H and O–H groups in total. The highest BCUT2D eigenvalue weighted by Gasteiger charge is 2.12. The molecule has 1 aromatic rings. The van der Waals surface area contributed by atoms with Crippen molar-refractivity contribution in [2.45, 2.75) is 26.4 Å². The number of hydrogen-bond donors (Lipinski definition) is 1. The standard InChI is InChI=1S/C18H27NO/c1-5-11-19(12-6-2)14-18(20)17-9-7-16(8-10-17)13-15(3)4/h5-10,15,18,20H,1-2,11-14H2,3-4H3. The van der Waals surface area contributed by atoms with Crippen molar-refractivity contribution < 1.29 is 5.11 Å². The average molecular weight is 273 g/mol. The summed E-state index contributed by atoms with van der Waals surface area (Å²) < 4.78 is 0. The number of nitrogens with zero attached hydrogens (tertiary/aromatic N) is 1. The molecule has 1 unspecified atom stereocenters. The van der Waals surface area contributed by atoms with Crippen molar-refractivity contribution in [3.05, 3.63) is 60.7 Å². The molecule has 110 valence electrons. The van der Waals surface area contributed by atoms with Crippen LogP contribution in [0.2, 0.25) is 0 Å². The number of rotatable bonds is 9. The summed E-state index contributed by atoms with van der Waals surface area (Å²) in [4.78, 5) is 2.12. The van der Waals surface area contributed by atoms with Gasteiger partial charge in [-0.2, -0.15) is 0 Å². The Morgan fingerprint density at radius 1 is 1.10 bits per heavy atom. The second-order valence-corrected chi connectivity index (χ2v) is 5.65. The van der Waals surface area contributed by atoms with E-state index in [1.165, 1.54) is 5.56 Å². The first-order chi connectivity index (χ1) is 9.56. The molecule has 0 aliphatic rings. The van der Waals surface area contributed by atoms with E-state index in [1.807, 2.05) is 24.3 Å². The molecule has 0 aliphatic heterocycles. The Morgan fingerprint density at radius 3 is 2.10 bits per heavy atom. The minimum Gasteiger partial charge on any atom is -0.387 e. The van der Waals surface area contributed by atoms with Gasteiger partial charge in [-0.15, -0.1) is 13.2 Å². The van der Waals surface area contributed by atoms with E-state index < -0.39 is 6.10 Å². The van der Waals surface area contributed by atoms with E-state index in [4.69, 9.17) is 0 Å². The lowest BCUT2D eigenvalue weighted by Gasteiger charge is -2.22. The van der Waals surface area contributed by atoms with Crippen molar-refractivity contribution in [2.24, 2.45) is 5.92 Å². The zero-order chi connectivity index (χ0) is 15.0. The van der Waals surface area contributed by atoms with Crippen molar-refractivity contribution in [1.82, 2.24) is 4.90 Å². The normalized spacial score (nSPS) is 12.7. The summed E-state index contributed by atoms with van der Waals surface area (Å²) in [5, 5.41) is 10.3. The first-order valence-electron chi connectivity index (χ1n) is 7.27. The van der Waals surface area contributed by atoms with E-state index in [0.717, 1.165) is 25.1 Å². The second kappa shape index (κ2) is 8.72. The van der Waals surface area contributed by atoms with Gasteiger partial charge < -0.3 is 5.11 Å². The fourth-order valence-corrected chi connectivity index (χ4v) is 2.29. The molecule has 2 heteroatoms. The van der Waals surface area contributed by atoms with Crippen LogP contribution in [0.15, 0.2) is 49.6 Å². The Morgan fingerprint density at radius 2 is 1.65 bits per heavy atom. The van der Waals surface area contributed by atoms with Crippen LogP contribution in [0.4, 0.5) is 0 Å². The molecule has 0 spiro atoms. The smallest absolute Gasteiger partial charge is 0.0917 e. The van der Waals surface area contributed by atoms with Crippen LogP contribution in [0.25, 0.3) is 0 Å². The molecule has 1 aromatic carbocycles. The van der Waals surface area contributed by atoms with E-state index in [9.17, 15) is 5.11 Å². The lowest BCUT2D eigenvalue weighted by Crippen LogP contribution is -2.29. The Bertz CT molecular complexity index is 398. The molecular weight excluding hydrogens is 246 g/mol. The second-order valence-electron chi connectivity index (χ2n) is 5.65. The predicted molar refractivity (Wildman–Crippen MR) is 86.8 cm³/mol. The monoisotopic (exact) mass is 273 g/mol. The number of benzene rings is 1. The quantitative estimate of drug-likeness (QED) is 0.695. The number of aliphatic hydroxyl groups excluding tert-OH is 1. The van der Waals surface area contributed by atoms with Crippen molar-refractivity contribution >= 4 is 0 Å². The zero-order valence-electron chi connectivity index (χ0n) is 12.8. The van der Waals surface area contributed by atoms with Crippen LogP contribution in [0, 0.1) is 5.92 Å². The fraction of sp³-hybridized carbons (Fsp3) is 0.444. The van der Waals surface area contributed by atoms with Crippen LogP contribution in [-0.2, 0) is 6.42 Å². The van der Waals surface area contributed by atoms with Gasteiger partial charge >= 0.3 is 0 Å². The molecule has 20 heavy (non-hydrogen) atoms. The van der Waals surface area contributed by atoms with E-state index in [-0.39, 0.29) is 0 Å². The SMILES string of the molecule is C=CCN(CC=C)CC(O)c1ccc(CC(C)C)cc1. The Labute approximate surface area is 123 Å². The van der Waals surface area contributed by atoms with Crippen LogP contribution in [0.1, 0.15) is 31.1 Å². The highest BCUT2D eigenvalue weighted by molar-refractivity contribution is 5.24. The summed E-state index contributed by atoms with van der Waals surface area (Å²) in [6, 6.07) is 8.29. The molecule has 0 saturated carbocycles. The van der Waals surface area contributed by atoms with Gasteiger partial charge in [-0.1, -0.05) is 50.3 Å². The number of hydrogen-bond acceptors (Lipinski definition) is 2. The highest BCUT2D eigenvalue weighted by Crippen LogP contribution is 2.17. The molecule has 0 bridgehead atoms. The summed E-state index contributed by atoms with van der Waals surface area (Å²) in [7, 11) is 0. The number of aliphatic hydroxyl groups is 1. The molecule has 0 aromatic heterocycles. The van der Waals surface area contributed by atoms with Gasteiger partial charge in [-0.3, -0.25) is 4.90 Å². The minimum absolute atomic E-state index is 0.469. The van der Waals surface area contributed by atoms with Crippen LogP contribution < -0.4 is 0 Å². The summed E-state index contributed by atoms with van der Waals surface area (Å²) in [6.45, 7) is 14.0. The summed E-state index contributed by atoms with van der Waals surface area (Å²) in [5.74, 6) is 0.654. The van der Waals surface area contributed by atoms with E-state index >= 15 is 0 Å². The van der Waals surface area contributed by atoms with E-state index in [0.29, 0.717) is 12.5 Å². The Kier molecular flexibility index (Phi) is 7.27. The molecule has 0 aliphatic carbocycles. The summed E-state index contributed by atoms with van der Waals surface area (Å²) >= 11 is 0. The summed E-state index contributed by atoms with van der Waals surface area (Å²) in [5.41, 5.74) is 2.29. The molecule has 1 atom stereocenters. The molecular formula is C18H27NO. The lowest BCUT2D eigenvalue weighted by atomic mass is 10.00. The van der Waals surface area contributed by atoms with Crippen molar-refractivity contribution in [3.63, 3.8) is 0 Å². The van der Waals surface area contributed by atoms with Crippen LogP contribution >= 0.6 is 0 Å². The fourth-order valence-electron chi connectivity index (χ4n) is 2.29. The molecule has 2 nitrogen and oxygen atoms in total. The van der Waals surface area contributed by atoms with E-state index in [1.54, 1.807) is 0 Å². The van der Waals surface area contributed by atoms with Gasteiger partial charge in [0.05, 0.1) is 6.10 Å². The molecule has 0 radical (unpaired) electrons. The minimum atomic E-state index is -0.469. The molecule has 0 saturated heterocycles. The third kappa shape index (κ3) is 5.72. The third-order valence-electron chi connectivity index (χ3n) is 3.21. The largest absolute Gasteiger partial charge is 0.387 e. The topological polar surface area (TPSA) is 23.5 Å². The van der Waals surface area contributed by atoms with Crippen LogP contribution in [0.5, 0.6) is 0 Å². The van der Waals surface area contributed by atoms with Crippen molar-refractivity contribution in [2.75, 3.05) is 19.6 Å². The van der Waals surface area contributed by atoms with Gasteiger partial charge in [0.1, 0.15) is 0 Å².